The highest BCUT2D eigenvalue weighted by Crippen LogP contribution is 2.35. The van der Waals surface area contributed by atoms with E-state index in [4.69, 9.17) is 0 Å². The molecule has 158 valence electrons. The summed E-state index contributed by atoms with van der Waals surface area (Å²) < 4.78 is 1.38. The van der Waals surface area contributed by atoms with E-state index in [0.29, 0.717) is 21.8 Å². The smallest absolute Gasteiger partial charge is 0.263 e. The standard InChI is InChI=1S/C25H25N3O2S/c1-15(2)18-9-11-20(12-10-18)27-21(29)13-28-14-26-24-23(25(28)30)22(17(4)31-24)19-7-5-16(3)6-8-19/h5-12,14-15H,13H2,1-4H3,(H,27,29). The summed E-state index contributed by atoms with van der Waals surface area (Å²) in [5.74, 6) is 0.169. The van der Waals surface area contributed by atoms with Crippen LogP contribution in [0.3, 0.4) is 0 Å². The number of hydrogen-bond acceptors (Lipinski definition) is 4. The quantitative estimate of drug-likeness (QED) is 0.453. The molecule has 1 amide bonds. The molecule has 4 aromatic rings. The van der Waals surface area contributed by atoms with E-state index in [2.05, 4.69) is 24.1 Å². The topological polar surface area (TPSA) is 64.0 Å². The molecule has 0 unspecified atom stereocenters. The number of aromatic nitrogens is 2. The monoisotopic (exact) mass is 431 g/mol. The molecular weight excluding hydrogens is 406 g/mol. The third kappa shape index (κ3) is 4.30. The number of benzene rings is 2. The van der Waals surface area contributed by atoms with Gasteiger partial charge in [0, 0.05) is 16.1 Å². The summed E-state index contributed by atoms with van der Waals surface area (Å²) in [6, 6.07) is 15.9. The Morgan fingerprint density at radius 2 is 1.74 bits per heavy atom. The third-order valence-electron chi connectivity index (χ3n) is 5.37. The average molecular weight is 432 g/mol. The van der Waals surface area contributed by atoms with Crippen molar-refractivity contribution in [2.24, 2.45) is 0 Å². The van der Waals surface area contributed by atoms with E-state index in [9.17, 15) is 9.59 Å². The summed E-state index contributed by atoms with van der Waals surface area (Å²) in [6.45, 7) is 8.20. The fourth-order valence-electron chi connectivity index (χ4n) is 3.62. The highest BCUT2D eigenvalue weighted by molar-refractivity contribution is 7.19. The molecule has 2 aromatic heterocycles. The van der Waals surface area contributed by atoms with Crippen LogP contribution in [0.2, 0.25) is 0 Å². The summed E-state index contributed by atoms with van der Waals surface area (Å²) >= 11 is 1.50. The highest BCUT2D eigenvalue weighted by Gasteiger charge is 2.18. The minimum atomic E-state index is -0.260. The highest BCUT2D eigenvalue weighted by atomic mass is 32.1. The van der Waals surface area contributed by atoms with Crippen LogP contribution in [0.4, 0.5) is 5.69 Å². The first-order chi connectivity index (χ1) is 14.8. The van der Waals surface area contributed by atoms with Crippen LogP contribution in [0, 0.1) is 13.8 Å². The van der Waals surface area contributed by atoms with Gasteiger partial charge in [0.1, 0.15) is 11.4 Å². The van der Waals surface area contributed by atoms with E-state index in [1.54, 1.807) is 0 Å². The number of thiophene rings is 1. The van der Waals surface area contributed by atoms with E-state index in [1.165, 1.54) is 27.8 Å². The zero-order valence-electron chi connectivity index (χ0n) is 18.1. The third-order valence-corrected chi connectivity index (χ3v) is 6.38. The fraction of sp³-hybridized carbons (Fsp3) is 0.240. The average Bonchev–Trinajstić information content (AvgIpc) is 3.08. The van der Waals surface area contributed by atoms with E-state index in [1.807, 2.05) is 62.4 Å². The number of hydrogen-bond donors (Lipinski definition) is 1. The van der Waals surface area contributed by atoms with E-state index in [-0.39, 0.29) is 18.0 Å². The maximum Gasteiger partial charge on any atom is 0.263 e. The van der Waals surface area contributed by atoms with Gasteiger partial charge in [-0.05, 0) is 43.0 Å². The molecule has 0 bridgehead atoms. The van der Waals surface area contributed by atoms with Gasteiger partial charge in [0.25, 0.3) is 5.56 Å². The number of aryl methyl sites for hydroxylation is 2. The summed E-state index contributed by atoms with van der Waals surface area (Å²) in [6.07, 6.45) is 1.46. The number of carbonyl (C=O) groups is 1. The van der Waals surface area contributed by atoms with Gasteiger partial charge in [0.2, 0.25) is 5.91 Å². The lowest BCUT2D eigenvalue weighted by Gasteiger charge is -2.10. The van der Waals surface area contributed by atoms with Crippen LogP contribution in [-0.2, 0) is 11.3 Å². The second kappa shape index (κ2) is 8.47. The molecule has 31 heavy (non-hydrogen) atoms. The first-order valence-electron chi connectivity index (χ1n) is 10.3. The second-order valence-electron chi connectivity index (χ2n) is 8.08. The van der Waals surface area contributed by atoms with E-state index in [0.717, 1.165) is 21.6 Å². The Balaban J connectivity index is 1.63. The molecule has 2 heterocycles. The number of nitrogens with zero attached hydrogens (tertiary/aromatic N) is 2. The van der Waals surface area contributed by atoms with Crippen LogP contribution < -0.4 is 10.9 Å². The molecule has 0 radical (unpaired) electrons. The molecule has 6 heteroatoms. The zero-order chi connectivity index (χ0) is 22.1. The molecular formula is C25H25N3O2S. The lowest BCUT2D eigenvalue weighted by atomic mass is 10.0. The Labute approximate surface area is 185 Å². The molecule has 0 aliphatic carbocycles. The SMILES string of the molecule is Cc1ccc(-c2c(C)sc3ncn(CC(=O)Nc4ccc(C(C)C)cc4)c(=O)c23)cc1. The van der Waals surface area contributed by atoms with Crippen molar-refractivity contribution >= 4 is 33.1 Å². The van der Waals surface area contributed by atoms with Crippen molar-refractivity contribution in [3.05, 3.63) is 81.2 Å². The largest absolute Gasteiger partial charge is 0.325 e. The maximum absolute atomic E-state index is 13.3. The Morgan fingerprint density at radius 3 is 2.39 bits per heavy atom. The van der Waals surface area contributed by atoms with Crippen molar-refractivity contribution in [3.8, 4) is 11.1 Å². The lowest BCUT2D eigenvalue weighted by molar-refractivity contribution is -0.116. The van der Waals surface area contributed by atoms with Crippen LogP contribution in [0.15, 0.2) is 59.7 Å². The Kier molecular flexibility index (Phi) is 5.74. The number of carbonyl (C=O) groups excluding carboxylic acids is 1. The Hall–Kier alpha value is -3.25. The summed E-state index contributed by atoms with van der Waals surface area (Å²) in [4.78, 5) is 32.0. The molecule has 0 aliphatic rings. The minimum Gasteiger partial charge on any atom is -0.325 e. The normalized spacial score (nSPS) is 11.3. The van der Waals surface area contributed by atoms with Crippen molar-refractivity contribution < 1.29 is 4.79 Å². The van der Waals surface area contributed by atoms with Gasteiger partial charge in [0.15, 0.2) is 0 Å². The predicted molar refractivity (Wildman–Crippen MR) is 128 cm³/mol. The van der Waals surface area contributed by atoms with Crippen molar-refractivity contribution in [3.63, 3.8) is 0 Å². The molecule has 2 aromatic carbocycles. The minimum absolute atomic E-state index is 0.0874. The van der Waals surface area contributed by atoms with Crippen molar-refractivity contribution in [1.82, 2.24) is 9.55 Å². The molecule has 0 atom stereocenters. The van der Waals surface area contributed by atoms with Crippen molar-refractivity contribution in [2.45, 2.75) is 40.2 Å². The lowest BCUT2D eigenvalue weighted by Crippen LogP contribution is -2.27. The molecule has 0 fully saturated rings. The first-order valence-corrected chi connectivity index (χ1v) is 11.1. The molecule has 0 aliphatic heterocycles. The molecule has 0 saturated heterocycles. The molecule has 4 rings (SSSR count). The maximum atomic E-state index is 13.3. The van der Waals surface area contributed by atoms with Gasteiger partial charge in [-0.25, -0.2) is 4.98 Å². The van der Waals surface area contributed by atoms with Crippen LogP contribution in [0.25, 0.3) is 21.3 Å². The summed E-state index contributed by atoms with van der Waals surface area (Å²) in [5, 5.41) is 3.44. The van der Waals surface area contributed by atoms with Gasteiger partial charge in [-0.2, -0.15) is 0 Å². The van der Waals surface area contributed by atoms with E-state index < -0.39 is 0 Å². The van der Waals surface area contributed by atoms with Crippen molar-refractivity contribution in [2.75, 3.05) is 5.32 Å². The fourth-order valence-corrected chi connectivity index (χ4v) is 4.63. The number of anilines is 1. The van der Waals surface area contributed by atoms with Gasteiger partial charge in [0.05, 0.1) is 11.7 Å². The number of nitrogens with one attached hydrogen (secondary N) is 1. The van der Waals surface area contributed by atoms with Gasteiger partial charge < -0.3 is 5.32 Å². The summed E-state index contributed by atoms with van der Waals surface area (Å²) in [7, 11) is 0. The Bertz CT molecular complexity index is 1300. The van der Waals surface area contributed by atoms with Gasteiger partial charge in [-0.15, -0.1) is 11.3 Å². The van der Waals surface area contributed by atoms with Crippen LogP contribution in [-0.4, -0.2) is 15.5 Å². The number of amides is 1. The van der Waals surface area contributed by atoms with E-state index >= 15 is 0 Å². The van der Waals surface area contributed by atoms with Crippen LogP contribution in [0.5, 0.6) is 0 Å². The molecule has 0 saturated carbocycles. The number of rotatable bonds is 5. The van der Waals surface area contributed by atoms with Crippen molar-refractivity contribution in [1.29, 1.82) is 0 Å². The van der Waals surface area contributed by atoms with Crippen LogP contribution in [0.1, 0.15) is 35.8 Å². The second-order valence-corrected chi connectivity index (χ2v) is 9.29. The molecule has 5 nitrogen and oxygen atoms in total. The van der Waals surface area contributed by atoms with Crippen LogP contribution >= 0.6 is 11.3 Å². The number of fused-ring (bicyclic) bond motifs is 1. The van der Waals surface area contributed by atoms with Gasteiger partial charge >= 0.3 is 0 Å². The Morgan fingerprint density at radius 1 is 1.06 bits per heavy atom. The molecule has 1 N–H and O–H groups in total. The first kappa shape index (κ1) is 21.0. The predicted octanol–water partition coefficient (Wildman–Crippen LogP) is 5.50. The zero-order valence-corrected chi connectivity index (χ0v) is 18.9. The molecule has 0 spiro atoms. The summed E-state index contributed by atoms with van der Waals surface area (Å²) in [5.41, 5.74) is 4.77. The van der Waals surface area contributed by atoms with Gasteiger partial charge in [-0.3, -0.25) is 14.2 Å². The van der Waals surface area contributed by atoms with Gasteiger partial charge in [-0.1, -0.05) is 55.8 Å².